The second-order valence-corrected chi connectivity index (χ2v) is 6.17. The van der Waals surface area contributed by atoms with E-state index >= 15 is 0 Å². The summed E-state index contributed by atoms with van der Waals surface area (Å²) < 4.78 is 5.68. The van der Waals surface area contributed by atoms with Gasteiger partial charge in [0.2, 0.25) is 0 Å². The van der Waals surface area contributed by atoms with Crippen LogP contribution in [-0.2, 0) is 0 Å². The van der Waals surface area contributed by atoms with Crippen LogP contribution < -0.4 is 15.8 Å². The fourth-order valence-electron chi connectivity index (χ4n) is 2.94. The first-order chi connectivity index (χ1) is 10.2. The van der Waals surface area contributed by atoms with E-state index in [1.54, 1.807) is 12.1 Å². The maximum absolute atomic E-state index is 8.60. The maximum Gasteiger partial charge on any atom is 0.170 e. The Hall–Kier alpha value is -1.75. The molecular weight excluding hydrogens is 266 g/mol. The van der Waals surface area contributed by atoms with E-state index in [0.29, 0.717) is 17.6 Å². The van der Waals surface area contributed by atoms with Crippen molar-refractivity contribution in [1.29, 1.82) is 0 Å². The van der Waals surface area contributed by atoms with Crippen LogP contribution in [-0.4, -0.2) is 30.7 Å². The van der Waals surface area contributed by atoms with Crippen molar-refractivity contribution in [3.63, 3.8) is 0 Å². The molecule has 5 nitrogen and oxygen atoms in total. The number of nitrogens with one attached hydrogen (secondary N) is 1. The Morgan fingerprint density at radius 3 is 2.62 bits per heavy atom. The van der Waals surface area contributed by atoms with E-state index in [1.807, 2.05) is 12.1 Å². The third-order valence-corrected chi connectivity index (χ3v) is 4.62. The zero-order valence-corrected chi connectivity index (χ0v) is 12.2. The molecule has 0 saturated heterocycles. The molecule has 0 aromatic heterocycles. The summed E-state index contributed by atoms with van der Waals surface area (Å²) in [6.07, 6.45) is 5.68. The Bertz CT molecular complexity index is 505. The Balaban J connectivity index is 1.35. The van der Waals surface area contributed by atoms with Crippen LogP contribution in [0.5, 0.6) is 5.75 Å². The van der Waals surface area contributed by atoms with Gasteiger partial charge in [0.15, 0.2) is 5.84 Å². The molecule has 0 aliphatic heterocycles. The predicted octanol–water partition coefficient (Wildman–Crippen LogP) is 1.94. The summed E-state index contributed by atoms with van der Waals surface area (Å²) in [4.78, 5) is 0. The summed E-state index contributed by atoms with van der Waals surface area (Å²) in [6, 6.07) is 7.23. The lowest BCUT2D eigenvalue weighted by atomic mass is 10.0. The highest BCUT2D eigenvalue weighted by Crippen LogP contribution is 2.60. The SMILES string of the molecule is N/C(=N/O)c1ccc(OCCNCC2(C3CC3)CC2)cc1. The zero-order chi connectivity index (χ0) is 14.7. The van der Waals surface area contributed by atoms with E-state index in [4.69, 9.17) is 15.7 Å². The molecular formula is C16H23N3O2. The van der Waals surface area contributed by atoms with Gasteiger partial charge >= 0.3 is 0 Å². The van der Waals surface area contributed by atoms with Gasteiger partial charge in [-0.1, -0.05) is 5.16 Å². The lowest BCUT2D eigenvalue weighted by molar-refractivity contribution is 0.301. The second-order valence-electron chi connectivity index (χ2n) is 6.17. The highest BCUT2D eigenvalue weighted by molar-refractivity contribution is 5.97. The van der Waals surface area contributed by atoms with E-state index in [2.05, 4.69) is 10.5 Å². The van der Waals surface area contributed by atoms with Crippen molar-refractivity contribution >= 4 is 5.84 Å². The van der Waals surface area contributed by atoms with E-state index in [0.717, 1.165) is 24.8 Å². The van der Waals surface area contributed by atoms with Crippen LogP contribution >= 0.6 is 0 Å². The summed E-state index contributed by atoms with van der Waals surface area (Å²) in [7, 11) is 0. The van der Waals surface area contributed by atoms with Gasteiger partial charge in [-0.15, -0.1) is 0 Å². The molecule has 114 valence electrons. The van der Waals surface area contributed by atoms with E-state index in [1.165, 1.54) is 25.7 Å². The van der Waals surface area contributed by atoms with Crippen molar-refractivity contribution in [3.05, 3.63) is 29.8 Å². The van der Waals surface area contributed by atoms with Gasteiger partial charge in [0.1, 0.15) is 12.4 Å². The van der Waals surface area contributed by atoms with Crippen molar-refractivity contribution in [1.82, 2.24) is 5.32 Å². The van der Waals surface area contributed by atoms with Gasteiger partial charge in [0.05, 0.1) is 0 Å². The first-order valence-electron chi connectivity index (χ1n) is 7.65. The largest absolute Gasteiger partial charge is 0.492 e. The highest BCUT2D eigenvalue weighted by Gasteiger charge is 2.53. The van der Waals surface area contributed by atoms with Gasteiger partial charge in [-0.05, 0) is 61.3 Å². The van der Waals surface area contributed by atoms with Crippen LogP contribution in [0, 0.1) is 11.3 Å². The summed E-state index contributed by atoms with van der Waals surface area (Å²) in [6.45, 7) is 2.67. The van der Waals surface area contributed by atoms with Crippen LogP contribution in [0.25, 0.3) is 0 Å². The molecule has 0 unspecified atom stereocenters. The topological polar surface area (TPSA) is 79.9 Å². The Kier molecular flexibility index (Phi) is 4.01. The normalized spacial score (nSPS) is 20.3. The fraction of sp³-hybridized carbons (Fsp3) is 0.562. The first kappa shape index (κ1) is 14.2. The number of hydrogen-bond acceptors (Lipinski definition) is 4. The Morgan fingerprint density at radius 1 is 1.33 bits per heavy atom. The second kappa shape index (κ2) is 5.93. The molecule has 21 heavy (non-hydrogen) atoms. The van der Waals surface area contributed by atoms with Gasteiger partial charge in [-0.25, -0.2) is 0 Å². The third kappa shape index (κ3) is 3.47. The van der Waals surface area contributed by atoms with Gasteiger partial charge in [0, 0.05) is 18.7 Å². The number of rotatable bonds is 8. The molecule has 0 atom stereocenters. The molecule has 4 N–H and O–H groups in total. The molecule has 2 saturated carbocycles. The fourth-order valence-corrected chi connectivity index (χ4v) is 2.94. The van der Waals surface area contributed by atoms with Crippen molar-refractivity contribution in [2.24, 2.45) is 22.2 Å². The summed E-state index contributed by atoms with van der Waals surface area (Å²) in [5, 5.41) is 15.1. The molecule has 0 spiro atoms. The summed E-state index contributed by atoms with van der Waals surface area (Å²) in [5.41, 5.74) is 6.83. The number of hydrogen-bond donors (Lipinski definition) is 3. The molecule has 1 aromatic carbocycles. The molecule has 2 aliphatic rings. The molecule has 3 rings (SSSR count). The molecule has 1 aromatic rings. The maximum atomic E-state index is 8.60. The number of nitrogens with two attached hydrogens (primary N) is 1. The molecule has 2 aliphatic carbocycles. The lowest BCUT2D eigenvalue weighted by Gasteiger charge is -2.15. The monoisotopic (exact) mass is 289 g/mol. The van der Waals surface area contributed by atoms with Gasteiger partial charge in [0.25, 0.3) is 0 Å². The van der Waals surface area contributed by atoms with Gasteiger partial charge in [-0.3, -0.25) is 0 Å². The van der Waals surface area contributed by atoms with Crippen LogP contribution in [0.3, 0.4) is 0 Å². The molecule has 0 bridgehead atoms. The van der Waals surface area contributed by atoms with Crippen molar-refractivity contribution in [2.75, 3.05) is 19.7 Å². The van der Waals surface area contributed by atoms with Crippen molar-refractivity contribution in [2.45, 2.75) is 25.7 Å². The van der Waals surface area contributed by atoms with Crippen LogP contribution in [0.1, 0.15) is 31.2 Å². The minimum Gasteiger partial charge on any atom is -0.492 e. The molecule has 0 heterocycles. The number of nitrogens with zero attached hydrogens (tertiary/aromatic N) is 1. The van der Waals surface area contributed by atoms with Gasteiger partial charge in [-0.2, -0.15) is 0 Å². The van der Waals surface area contributed by atoms with Crippen LogP contribution in [0.4, 0.5) is 0 Å². The van der Waals surface area contributed by atoms with Crippen molar-refractivity contribution < 1.29 is 9.94 Å². The predicted molar refractivity (Wildman–Crippen MR) is 81.7 cm³/mol. The lowest BCUT2D eigenvalue weighted by Crippen LogP contribution is -2.29. The highest BCUT2D eigenvalue weighted by atomic mass is 16.5. The summed E-state index contributed by atoms with van der Waals surface area (Å²) >= 11 is 0. The number of benzene rings is 1. The van der Waals surface area contributed by atoms with Crippen molar-refractivity contribution in [3.8, 4) is 5.75 Å². The van der Waals surface area contributed by atoms with E-state index in [-0.39, 0.29) is 5.84 Å². The average Bonchev–Trinajstić information content (AvgIpc) is 3.39. The number of amidine groups is 1. The quantitative estimate of drug-likeness (QED) is 0.225. The smallest absolute Gasteiger partial charge is 0.170 e. The molecule has 0 radical (unpaired) electrons. The van der Waals surface area contributed by atoms with Crippen LogP contribution in [0.15, 0.2) is 29.4 Å². The minimum absolute atomic E-state index is 0.109. The zero-order valence-electron chi connectivity index (χ0n) is 12.2. The third-order valence-electron chi connectivity index (χ3n) is 4.62. The molecule has 0 amide bonds. The van der Waals surface area contributed by atoms with E-state index < -0.39 is 0 Å². The van der Waals surface area contributed by atoms with Gasteiger partial charge < -0.3 is 21.0 Å². The first-order valence-corrected chi connectivity index (χ1v) is 7.65. The summed E-state index contributed by atoms with van der Waals surface area (Å²) in [5.74, 6) is 1.91. The molecule has 5 heteroatoms. The minimum atomic E-state index is 0.109. The van der Waals surface area contributed by atoms with E-state index in [9.17, 15) is 0 Å². The van der Waals surface area contributed by atoms with Crippen LogP contribution in [0.2, 0.25) is 0 Å². The number of ether oxygens (including phenoxy) is 1. The Labute approximate surface area is 125 Å². The average molecular weight is 289 g/mol. The molecule has 2 fully saturated rings. The Morgan fingerprint density at radius 2 is 2.05 bits per heavy atom. The standard InChI is InChI=1S/C16H23N3O2/c17-15(19-20)12-1-5-14(6-2-12)21-10-9-18-11-16(7-8-16)13-3-4-13/h1-2,5-6,13,18,20H,3-4,7-11H2,(H2,17,19). The number of oxime groups is 1.